The number of aryl methyl sites for hydroxylation is 1. The van der Waals surface area contributed by atoms with Crippen LogP contribution in [0, 0.1) is 6.92 Å². The fourth-order valence-corrected chi connectivity index (χ4v) is 4.06. The lowest BCUT2D eigenvalue weighted by Gasteiger charge is -2.12. The van der Waals surface area contributed by atoms with Gasteiger partial charge in [0.1, 0.15) is 18.1 Å². The molecule has 0 radical (unpaired) electrons. The van der Waals surface area contributed by atoms with Crippen LogP contribution in [0.1, 0.15) is 40.2 Å². The van der Waals surface area contributed by atoms with Gasteiger partial charge in [-0.2, -0.15) is 0 Å². The van der Waals surface area contributed by atoms with Gasteiger partial charge in [0.25, 0.3) is 0 Å². The molecular formula is C26H27NO4S. The molecule has 0 unspecified atom stereocenters. The number of benzene rings is 2. The lowest BCUT2D eigenvalue weighted by molar-refractivity contribution is -0.125. The molecule has 1 amide bonds. The van der Waals surface area contributed by atoms with Crippen LogP contribution in [0.25, 0.3) is 11.1 Å². The smallest absolute Gasteiger partial charge is 0.220 e. The summed E-state index contributed by atoms with van der Waals surface area (Å²) in [5, 5.41) is 2.78. The quantitative estimate of drug-likeness (QED) is 0.304. The molecule has 5 nitrogen and oxygen atoms in total. The highest BCUT2D eigenvalue weighted by molar-refractivity contribution is 7.14. The Labute approximate surface area is 192 Å². The molecule has 0 aliphatic carbocycles. The maximum Gasteiger partial charge on any atom is 0.220 e. The van der Waals surface area contributed by atoms with E-state index in [0.717, 1.165) is 21.8 Å². The zero-order valence-corrected chi connectivity index (χ0v) is 19.0. The van der Waals surface area contributed by atoms with E-state index in [9.17, 15) is 14.4 Å². The van der Waals surface area contributed by atoms with Crippen molar-refractivity contribution in [2.24, 2.45) is 0 Å². The normalized spacial score (nSPS) is 10.5. The van der Waals surface area contributed by atoms with Gasteiger partial charge in [-0.3, -0.25) is 14.4 Å². The van der Waals surface area contributed by atoms with Crippen LogP contribution in [-0.4, -0.2) is 30.6 Å². The summed E-state index contributed by atoms with van der Waals surface area (Å²) in [4.78, 5) is 37.9. The number of rotatable bonds is 12. The minimum Gasteiger partial charge on any atom is -0.491 e. The van der Waals surface area contributed by atoms with Gasteiger partial charge >= 0.3 is 0 Å². The molecule has 1 aromatic heterocycles. The van der Waals surface area contributed by atoms with Gasteiger partial charge in [-0.15, -0.1) is 11.3 Å². The summed E-state index contributed by atoms with van der Waals surface area (Å²) in [7, 11) is 0. The minimum atomic E-state index is -0.196. The Bertz CT molecular complexity index is 1060. The van der Waals surface area contributed by atoms with Crippen LogP contribution in [0.15, 0.2) is 66.7 Å². The van der Waals surface area contributed by atoms with Crippen molar-refractivity contribution in [1.82, 2.24) is 5.32 Å². The molecule has 0 aliphatic rings. The van der Waals surface area contributed by atoms with Crippen LogP contribution in [0.5, 0.6) is 5.75 Å². The molecule has 32 heavy (non-hydrogen) atoms. The van der Waals surface area contributed by atoms with Crippen LogP contribution in [0.4, 0.5) is 0 Å². The Morgan fingerprint density at radius 2 is 1.56 bits per heavy atom. The SMILES string of the molecule is Cc1ccc(C(=O)CCC(=O)CCC(=O)NCCOc2ccccc2-c2ccccc2)s1. The molecule has 0 atom stereocenters. The third-order valence-electron chi connectivity index (χ3n) is 4.93. The van der Waals surface area contributed by atoms with Crippen molar-refractivity contribution in [2.75, 3.05) is 13.2 Å². The van der Waals surface area contributed by atoms with Crippen molar-refractivity contribution in [3.05, 3.63) is 76.5 Å². The van der Waals surface area contributed by atoms with E-state index in [0.29, 0.717) is 18.0 Å². The van der Waals surface area contributed by atoms with Crippen molar-refractivity contribution in [3.8, 4) is 16.9 Å². The van der Waals surface area contributed by atoms with Gasteiger partial charge in [0.15, 0.2) is 5.78 Å². The summed E-state index contributed by atoms with van der Waals surface area (Å²) in [5.74, 6) is 0.468. The van der Waals surface area contributed by atoms with Gasteiger partial charge in [-0.25, -0.2) is 0 Å². The van der Waals surface area contributed by atoms with Gasteiger partial charge < -0.3 is 10.1 Å². The zero-order chi connectivity index (χ0) is 22.8. The van der Waals surface area contributed by atoms with E-state index in [4.69, 9.17) is 4.74 Å². The number of para-hydroxylation sites is 1. The molecule has 1 N–H and O–H groups in total. The number of amides is 1. The average Bonchev–Trinajstić information content (AvgIpc) is 3.26. The van der Waals surface area contributed by atoms with Crippen LogP contribution in [-0.2, 0) is 9.59 Å². The van der Waals surface area contributed by atoms with Crippen LogP contribution in [0.3, 0.4) is 0 Å². The Morgan fingerprint density at radius 3 is 2.31 bits per heavy atom. The van der Waals surface area contributed by atoms with Gasteiger partial charge in [0, 0.05) is 36.1 Å². The second-order valence-electron chi connectivity index (χ2n) is 7.43. The first-order chi connectivity index (χ1) is 15.5. The third kappa shape index (κ3) is 7.17. The third-order valence-corrected chi connectivity index (χ3v) is 5.97. The molecule has 0 saturated carbocycles. The van der Waals surface area contributed by atoms with E-state index < -0.39 is 0 Å². The molecule has 0 fully saturated rings. The number of Topliss-reactive ketones (excluding diaryl/α,β-unsaturated/α-hetero) is 2. The average molecular weight is 450 g/mol. The summed E-state index contributed by atoms with van der Waals surface area (Å²) in [5.41, 5.74) is 2.07. The highest BCUT2D eigenvalue weighted by Crippen LogP contribution is 2.29. The largest absolute Gasteiger partial charge is 0.491 e. The van der Waals surface area contributed by atoms with Crippen LogP contribution in [0.2, 0.25) is 0 Å². The summed E-state index contributed by atoms with van der Waals surface area (Å²) >= 11 is 1.44. The molecule has 3 rings (SSSR count). The molecule has 3 aromatic rings. The molecule has 2 aromatic carbocycles. The maximum absolute atomic E-state index is 12.1. The fraction of sp³-hybridized carbons (Fsp3) is 0.269. The topological polar surface area (TPSA) is 72.5 Å². The number of ether oxygens (including phenoxy) is 1. The predicted molar refractivity (Wildman–Crippen MR) is 127 cm³/mol. The van der Waals surface area contributed by atoms with Crippen LogP contribution >= 0.6 is 11.3 Å². The van der Waals surface area contributed by atoms with Crippen molar-refractivity contribution >= 4 is 28.8 Å². The van der Waals surface area contributed by atoms with E-state index >= 15 is 0 Å². The van der Waals surface area contributed by atoms with E-state index in [1.807, 2.05) is 67.6 Å². The second kappa shape index (κ2) is 12.0. The highest BCUT2D eigenvalue weighted by Gasteiger charge is 2.12. The number of thiophene rings is 1. The summed E-state index contributed by atoms with van der Waals surface area (Å²) < 4.78 is 5.86. The summed E-state index contributed by atoms with van der Waals surface area (Å²) in [6.07, 6.45) is 0.615. The summed E-state index contributed by atoms with van der Waals surface area (Å²) in [6, 6.07) is 21.4. The molecule has 1 heterocycles. The molecule has 0 spiro atoms. The second-order valence-corrected chi connectivity index (χ2v) is 8.72. The van der Waals surface area contributed by atoms with Crippen molar-refractivity contribution in [3.63, 3.8) is 0 Å². The first kappa shape index (κ1) is 23.4. The van der Waals surface area contributed by atoms with Gasteiger partial charge in [0.2, 0.25) is 5.91 Å². The number of hydrogen-bond acceptors (Lipinski definition) is 5. The van der Waals surface area contributed by atoms with E-state index in [1.165, 1.54) is 11.3 Å². The molecule has 166 valence electrons. The number of ketones is 2. The molecular weight excluding hydrogens is 422 g/mol. The lowest BCUT2D eigenvalue weighted by Crippen LogP contribution is -2.28. The van der Waals surface area contributed by atoms with Crippen molar-refractivity contribution < 1.29 is 19.1 Å². The monoisotopic (exact) mass is 449 g/mol. The number of carbonyl (C=O) groups excluding carboxylic acids is 3. The maximum atomic E-state index is 12.1. The number of nitrogens with one attached hydrogen (secondary N) is 1. The fourth-order valence-electron chi connectivity index (χ4n) is 3.23. The van der Waals surface area contributed by atoms with Gasteiger partial charge in [-0.1, -0.05) is 48.5 Å². The number of carbonyl (C=O) groups is 3. The predicted octanol–water partition coefficient (Wildman–Crippen LogP) is 5.23. The van der Waals surface area contributed by atoms with Crippen LogP contribution < -0.4 is 10.1 Å². The molecule has 0 bridgehead atoms. The Balaban J connectivity index is 1.34. The van der Waals surface area contributed by atoms with E-state index in [1.54, 1.807) is 6.07 Å². The first-order valence-electron chi connectivity index (χ1n) is 10.7. The Kier molecular flexibility index (Phi) is 8.75. The Morgan fingerprint density at radius 1 is 0.844 bits per heavy atom. The summed E-state index contributed by atoms with van der Waals surface area (Å²) in [6.45, 7) is 2.63. The molecule has 0 saturated heterocycles. The van der Waals surface area contributed by atoms with E-state index in [2.05, 4.69) is 5.32 Å². The highest BCUT2D eigenvalue weighted by atomic mass is 32.1. The molecule has 0 aliphatic heterocycles. The van der Waals surface area contributed by atoms with Crippen molar-refractivity contribution in [1.29, 1.82) is 0 Å². The van der Waals surface area contributed by atoms with Crippen molar-refractivity contribution in [2.45, 2.75) is 32.6 Å². The van der Waals surface area contributed by atoms with E-state index in [-0.39, 0.29) is 43.2 Å². The first-order valence-corrected chi connectivity index (χ1v) is 11.5. The number of hydrogen-bond donors (Lipinski definition) is 1. The van der Waals surface area contributed by atoms with Gasteiger partial charge in [-0.05, 0) is 30.7 Å². The van der Waals surface area contributed by atoms with Gasteiger partial charge in [0.05, 0.1) is 11.4 Å². The zero-order valence-electron chi connectivity index (χ0n) is 18.1. The lowest BCUT2D eigenvalue weighted by atomic mass is 10.1. The standard InChI is InChI=1S/C26H27NO4S/c1-19-11-15-25(32-19)23(29)14-12-21(28)13-16-26(30)27-17-18-31-24-10-6-5-9-22(24)20-7-3-2-4-8-20/h2-11,15H,12-14,16-18H2,1H3,(H,27,30). The Hall–Kier alpha value is -3.25. The molecule has 6 heteroatoms. The minimum absolute atomic E-state index is 0.0196.